The lowest BCUT2D eigenvalue weighted by Crippen LogP contribution is -2.25. The number of rotatable bonds is 5. The number of hydrogen-bond acceptors (Lipinski definition) is 2. The first-order valence-corrected chi connectivity index (χ1v) is 19.7. The van der Waals surface area contributed by atoms with Crippen LogP contribution in [-0.2, 0) is 5.41 Å². The third kappa shape index (κ3) is 4.53. The lowest BCUT2D eigenvalue weighted by molar-refractivity contribution is 0.669. The molecule has 2 nitrogen and oxygen atoms in total. The van der Waals surface area contributed by atoms with Gasteiger partial charge in [0, 0.05) is 27.7 Å². The first kappa shape index (κ1) is 31.9. The lowest BCUT2D eigenvalue weighted by Gasteiger charge is -2.31. The van der Waals surface area contributed by atoms with Gasteiger partial charge in [-0.05, 0) is 104 Å². The molecule has 1 aromatic heterocycles. The summed E-state index contributed by atoms with van der Waals surface area (Å²) in [4.78, 5) is 2.45. The van der Waals surface area contributed by atoms with E-state index in [0.717, 1.165) is 50.1 Å². The molecule has 1 heterocycles. The Balaban J connectivity index is 1.13. The van der Waals surface area contributed by atoms with Crippen LogP contribution in [0.5, 0.6) is 0 Å². The fourth-order valence-electron chi connectivity index (χ4n) is 10.0. The van der Waals surface area contributed by atoms with Gasteiger partial charge in [-0.15, -0.1) is 0 Å². The molecule has 12 rings (SSSR count). The Bertz CT molecular complexity index is 3160. The Kier molecular flexibility index (Phi) is 6.88. The monoisotopic (exact) mass is 725 g/mol. The number of nitrogens with zero attached hydrogens (tertiary/aromatic N) is 1. The molecular formula is C55H35NO. The molecule has 0 aliphatic heterocycles. The zero-order valence-electron chi connectivity index (χ0n) is 31.1. The van der Waals surface area contributed by atoms with Crippen LogP contribution in [0.2, 0.25) is 0 Å². The minimum Gasteiger partial charge on any atom is -0.456 e. The van der Waals surface area contributed by atoms with Crippen LogP contribution < -0.4 is 4.90 Å². The van der Waals surface area contributed by atoms with Crippen molar-refractivity contribution in [3.63, 3.8) is 0 Å². The second-order valence-corrected chi connectivity index (χ2v) is 15.2. The quantitative estimate of drug-likeness (QED) is 0.176. The Hall–Kier alpha value is -7.42. The van der Waals surface area contributed by atoms with E-state index in [2.05, 4.69) is 211 Å². The molecule has 0 N–H and O–H groups in total. The molecule has 0 atom stereocenters. The maximum absolute atomic E-state index is 6.41. The molecule has 0 radical (unpaired) electrons. The third-order valence-corrected chi connectivity index (χ3v) is 12.3. The molecule has 2 heteroatoms. The average molecular weight is 726 g/mol. The fourth-order valence-corrected chi connectivity index (χ4v) is 10.0. The first-order valence-electron chi connectivity index (χ1n) is 19.7. The smallest absolute Gasteiger partial charge is 0.136 e. The minimum absolute atomic E-state index is 0.397. The van der Waals surface area contributed by atoms with Gasteiger partial charge in [0.05, 0.1) is 11.1 Å². The van der Waals surface area contributed by atoms with Crippen LogP contribution in [0.3, 0.4) is 0 Å². The SMILES string of the molecule is c1ccc(-c2cccc(N(c3ccc4c(c3)-c3ccccc3C43c4ccccc4-c4ccccc43)c3ccccc3-c3cccc4oc5ccccc5c34)c2)cc1. The molecule has 0 unspecified atom stereocenters. The summed E-state index contributed by atoms with van der Waals surface area (Å²) in [5, 5.41) is 2.24. The third-order valence-electron chi connectivity index (χ3n) is 12.3. The molecule has 2 aliphatic rings. The summed E-state index contributed by atoms with van der Waals surface area (Å²) in [6, 6.07) is 77.5. The van der Waals surface area contributed by atoms with Crippen molar-refractivity contribution in [2.24, 2.45) is 0 Å². The summed E-state index contributed by atoms with van der Waals surface area (Å²) < 4.78 is 6.41. The maximum atomic E-state index is 6.41. The second-order valence-electron chi connectivity index (χ2n) is 15.2. The van der Waals surface area contributed by atoms with Crippen LogP contribution in [0.4, 0.5) is 17.1 Å². The largest absolute Gasteiger partial charge is 0.456 e. The molecule has 57 heavy (non-hydrogen) atoms. The topological polar surface area (TPSA) is 16.4 Å². The second kappa shape index (κ2) is 12.3. The van der Waals surface area contributed by atoms with Crippen LogP contribution >= 0.6 is 0 Å². The van der Waals surface area contributed by atoms with E-state index in [0.29, 0.717) is 0 Å². The Morgan fingerprint density at radius 1 is 0.333 bits per heavy atom. The van der Waals surface area contributed by atoms with E-state index in [1.54, 1.807) is 0 Å². The molecule has 1 spiro atoms. The molecule has 0 amide bonds. The maximum Gasteiger partial charge on any atom is 0.136 e. The molecule has 2 aliphatic carbocycles. The van der Waals surface area contributed by atoms with E-state index in [1.165, 1.54) is 55.6 Å². The number of hydrogen-bond donors (Lipinski definition) is 0. The molecule has 0 saturated heterocycles. The highest BCUT2D eigenvalue weighted by molar-refractivity contribution is 6.14. The van der Waals surface area contributed by atoms with Crippen molar-refractivity contribution in [2.45, 2.75) is 5.41 Å². The zero-order chi connectivity index (χ0) is 37.5. The molecule has 266 valence electrons. The van der Waals surface area contributed by atoms with E-state index in [4.69, 9.17) is 4.42 Å². The van der Waals surface area contributed by atoms with Crippen molar-refractivity contribution in [3.8, 4) is 44.5 Å². The van der Waals surface area contributed by atoms with Crippen molar-refractivity contribution < 1.29 is 4.42 Å². The lowest BCUT2D eigenvalue weighted by atomic mass is 9.70. The Morgan fingerprint density at radius 2 is 0.860 bits per heavy atom. The van der Waals surface area contributed by atoms with Crippen LogP contribution in [0, 0.1) is 0 Å². The van der Waals surface area contributed by atoms with E-state index < -0.39 is 5.41 Å². The van der Waals surface area contributed by atoms with Gasteiger partial charge in [0.25, 0.3) is 0 Å². The van der Waals surface area contributed by atoms with Crippen LogP contribution in [0.25, 0.3) is 66.4 Å². The number of para-hydroxylation sites is 2. The molecular weight excluding hydrogens is 691 g/mol. The van der Waals surface area contributed by atoms with E-state index in [1.807, 2.05) is 6.07 Å². The van der Waals surface area contributed by atoms with Gasteiger partial charge in [0.15, 0.2) is 0 Å². The highest BCUT2D eigenvalue weighted by atomic mass is 16.3. The predicted molar refractivity (Wildman–Crippen MR) is 236 cm³/mol. The summed E-state index contributed by atoms with van der Waals surface area (Å²) in [6.45, 7) is 0. The highest BCUT2D eigenvalue weighted by Crippen LogP contribution is 2.63. The van der Waals surface area contributed by atoms with Gasteiger partial charge in [0.1, 0.15) is 11.2 Å². The van der Waals surface area contributed by atoms with E-state index >= 15 is 0 Å². The normalized spacial score (nSPS) is 13.1. The van der Waals surface area contributed by atoms with Crippen LogP contribution in [0.15, 0.2) is 217 Å². The molecule has 0 saturated carbocycles. The van der Waals surface area contributed by atoms with Gasteiger partial charge in [-0.2, -0.15) is 0 Å². The molecule has 0 fully saturated rings. The predicted octanol–water partition coefficient (Wildman–Crippen LogP) is 14.7. The summed E-state index contributed by atoms with van der Waals surface area (Å²) >= 11 is 0. The first-order chi connectivity index (χ1) is 28.3. The van der Waals surface area contributed by atoms with Crippen molar-refractivity contribution in [3.05, 3.63) is 235 Å². The van der Waals surface area contributed by atoms with Crippen LogP contribution in [0.1, 0.15) is 22.3 Å². The van der Waals surface area contributed by atoms with Gasteiger partial charge >= 0.3 is 0 Å². The molecule has 0 bridgehead atoms. The fraction of sp³-hybridized carbons (Fsp3) is 0.0182. The number of anilines is 3. The Morgan fingerprint density at radius 3 is 1.61 bits per heavy atom. The van der Waals surface area contributed by atoms with Crippen molar-refractivity contribution in [2.75, 3.05) is 4.90 Å². The summed E-state index contributed by atoms with van der Waals surface area (Å²) in [5.41, 5.74) is 19.8. The Labute approximate surface area is 331 Å². The summed E-state index contributed by atoms with van der Waals surface area (Å²) in [7, 11) is 0. The van der Waals surface area contributed by atoms with Crippen molar-refractivity contribution in [1.29, 1.82) is 0 Å². The van der Waals surface area contributed by atoms with Gasteiger partial charge in [-0.25, -0.2) is 0 Å². The van der Waals surface area contributed by atoms with Gasteiger partial charge < -0.3 is 9.32 Å². The standard InChI is InChI=1S/C55H35NO/c1-2-16-36(17-3-1)37-18-14-19-38(34-37)56(51-29-12-7-23-43(51)44-25-15-31-53-54(44)45-24-8-13-30-52(45)57-53)39-32-33-50-46(35-39)42-22-6-11-28-49(42)55(50)47-26-9-4-20-40(47)41-21-5-10-27-48(41)55/h1-35H. The zero-order valence-corrected chi connectivity index (χ0v) is 31.1. The summed E-state index contributed by atoms with van der Waals surface area (Å²) in [6.07, 6.45) is 0. The number of fused-ring (bicyclic) bond motifs is 13. The van der Waals surface area contributed by atoms with E-state index in [9.17, 15) is 0 Å². The molecule has 10 aromatic rings. The number of benzene rings is 9. The van der Waals surface area contributed by atoms with Gasteiger partial charge in [0.2, 0.25) is 0 Å². The minimum atomic E-state index is -0.397. The highest BCUT2D eigenvalue weighted by Gasteiger charge is 2.51. The average Bonchev–Trinajstić information content (AvgIpc) is 3.91. The van der Waals surface area contributed by atoms with Gasteiger partial charge in [-0.3, -0.25) is 0 Å². The van der Waals surface area contributed by atoms with Gasteiger partial charge in [-0.1, -0.05) is 170 Å². The molecule has 9 aromatic carbocycles. The summed E-state index contributed by atoms with van der Waals surface area (Å²) in [5.74, 6) is 0. The van der Waals surface area contributed by atoms with Crippen molar-refractivity contribution in [1.82, 2.24) is 0 Å². The van der Waals surface area contributed by atoms with E-state index in [-0.39, 0.29) is 0 Å². The number of furan rings is 1. The van der Waals surface area contributed by atoms with Crippen molar-refractivity contribution >= 4 is 39.0 Å². The van der Waals surface area contributed by atoms with Crippen LogP contribution in [-0.4, -0.2) is 0 Å².